The minimum atomic E-state index is -3.53. The van der Waals surface area contributed by atoms with Gasteiger partial charge in [0.05, 0.1) is 11.5 Å². The first-order valence-electron chi connectivity index (χ1n) is 10.3. The molecule has 0 fully saturated rings. The molecule has 0 aliphatic rings. The molecule has 0 aliphatic carbocycles. The topological polar surface area (TPSA) is 96.5 Å². The number of unbranched alkanes of at least 4 members (excludes halogenated alkanes) is 2. The summed E-state index contributed by atoms with van der Waals surface area (Å²) in [7, 11) is -3.53. The normalized spacial score (nSPS) is 11.0. The second kappa shape index (κ2) is 12.4. The van der Waals surface area contributed by atoms with Gasteiger partial charge in [-0.05, 0) is 73.6 Å². The van der Waals surface area contributed by atoms with Crippen LogP contribution in [0.4, 0.5) is 5.69 Å². The lowest BCUT2D eigenvalue weighted by Gasteiger charge is -2.11. The van der Waals surface area contributed by atoms with Crippen LogP contribution in [0.15, 0.2) is 53.4 Å². The molecule has 7 nitrogen and oxygen atoms in total. The monoisotopic (exact) mass is 463 g/mol. The molecule has 0 aliphatic heterocycles. The van der Waals surface area contributed by atoms with Crippen LogP contribution in [0.1, 0.15) is 49.9 Å². The highest BCUT2D eigenvalue weighted by Crippen LogP contribution is 2.15. The van der Waals surface area contributed by atoms with Gasteiger partial charge in [-0.1, -0.05) is 26.7 Å². The summed E-state index contributed by atoms with van der Waals surface area (Å²) in [6.45, 7) is 5.06. The Morgan fingerprint density at radius 1 is 0.968 bits per heavy atom. The third-order valence-electron chi connectivity index (χ3n) is 4.32. The molecule has 2 aromatic rings. The van der Waals surface area contributed by atoms with Crippen LogP contribution in [-0.4, -0.2) is 32.6 Å². The molecule has 0 saturated carbocycles. The summed E-state index contributed by atoms with van der Waals surface area (Å²) < 4.78 is 32.4. The van der Waals surface area contributed by atoms with Gasteiger partial charge in [0.2, 0.25) is 10.0 Å². The molecule has 0 aromatic heterocycles. The summed E-state index contributed by atoms with van der Waals surface area (Å²) >= 11 is 5.19. The molecule has 168 valence electrons. The molecule has 3 N–H and O–H groups in total. The number of rotatable bonds is 11. The predicted molar refractivity (Wildman–Crippen MR) is 127 cm³/mol. The van der Waals surface area contributed by atoms with Gasteiger partial charge in [-0.15, -0.1) is 0 Å². The summed E-state index contributed by atoms with van der Waals surface area (Å²) in [5, 5.41) is 5.60. The molecule has 2 aromatic carbocycles. The van der Waals surface area contributed by atoms with Crippen molar-refractivity contribution in [2.75, 3.05) is 18.5 Å². The molecule has 0 heterocycles. The van der Waals surface area contributed by atoms with E-state index in [-0.39, 0.29) is 15.9 Å². The Hall–Kier alpha value is -2.49. The maximum absolute atomic E-state index is 12.4. The van der Waals surface area contributed by atoms with E-state index < -0.39 is 10.0 Å². The van der Waals surface area contributed by atoms with Crippen LogP contribution in [0.5, 0.6) is 5.75 Å². The van der Waals surface area contributed by atoms with Crippen molar-refractivity contribution in [2.24, 2.45) is 0 Å². The smallest absolute Gasteiger partial charge is 0.257 e. The lowest BCUT2D eigenvalue weighted by molar-refractivity contribution is 0.0977. The lowest BCUT2D eigenvalue weighted by Crippen LogP contribution is -2.34. The highest BCUT2D eigenvalue weighted by molar-refractivity contribution is 7.89. The Labute approximate surface area is 189 Å². The zero-order valence-electron chi connectivity index (χ0n) is 17.8. The van der Waals surface area contributed by atoms with Crippen LogP contribution >= 0.6 is 12.2 Å². The van der Waals surface area contributed by atoms with E-state index in [1.54, 1.807) is 36.4 Å². The first-order chi connectivity index (χ1) is 14.9. The Kier molecular flexibility index (Phi) is 9.90. The molecule has 31 heavy (non-hydrogen) atoms. The van der Waals surface area contributed by atoms with Crippen LogP contribution in [0, 0.1) is 0 Å². The number of carbonyl (C=O) groups excluding carboxylic acids is 1. The van der Waals surface area contributed by atoms with Crippen molar-refractivity contribution < 1.29 is 17.9 Å². The number of sulfonamides is 1. The number of nitrogens with one attached hydrogen (secondary N) is 3. The summed E-state index contributed by atoms with van der Waals surface area (Å²) in [6.07, 6.45) is 3.97. The number of hydrogen-bond acceptors (Lipinski definition) is 5. The van der Waals surface area contributed by atoms with Gasteiger partial charge in [-0.3, -0.25) is 10.1 Å². The molecule has 0 radical (unpaired) electrons. The molecule has 2 rings (SSSR count). The van der Waals surface area contributed by atoms with Gasteiger partial charge < -0.3 is 10.1 Å². The van der Waals surface area contributed by atoms with Gasteiger partial charge >= 0.3 is 0 Å². The number of benzene rings is 2. The van der Waals surface area contributed by atoms with Crippen LogP contribution < -0.4 is 20.1 Å². The number of hydrogen-bond donors (Lipinski definition) is 3. The van der Waals surface area contributed by atoms with E-state index in [1.807, 2.05) is 6.92 Å². The van der Waals surface area contributed by atoms with E-state index >= 15 is 0 Å². The highest BCUT2D eigenvalue weighted by Gasteiger charge is 2.13. The van der Waals surface area contributed by atoms with Crippen molar-refractivity contribution in [1.82, 2.24) is 10.0 Å². The first kappa shape index (κ1) is 24.8. The maximum Gasteiger partial charge on any atom is 0.257 e. The molecule has 0 unspecified atom stereocenters. The summed E-state index contributed by atoms with van der Waals surface area (Å²) in [5.74, 6) is 0.370. The van der Waals surface area contributed by atoms with Gasteiger partial charge in [0.15, 0.2) is 5.11 Å². The number of thiocarbonyl (C=S) groups is 1. The third kappa shape index (κ3) is 8.28. The summed E-state index contributed by atoms with van der Waals surface area (Å²) in [6, 6.07) is 13.0. The molecule has 0 atom stereocenters. The summed E-state index contributed by atoms with van der Waals surface area (Å²) in [5.41, 5.74) is 1.02. The molecule has 1 amide bonds. The molecule has 0 bridgehead atoms. The molecule has 9 heteroatoms. The van der Waals surface area contributed by atoms with Gasteiger partial charge in [0, 0.05) is 17.8 Å². The fraction of sp³-hybridized carbons (Fsp3) is 0.364. The second-order valence-electron chi connectivity index (χ2n) is 6.91. The van der Waals surface area contributed by atoms with Gasteiger partial charge in [0.1, 0.15) is 5.75 Å². The van der Waals surface area contributed by atoms with Crippen LogP contribution in [-0.2, 0) is 10.0 Å². The van der Waals surface area contributed by atoms with E-state index in [4.69, 9.17) is 17.0 Å². The number of ether oxygens (including phenoxy) is 1. The first-order valence-corrected chi connectivity index (χ1v) is 12.2. The van der Waals surface area contributed by atoms with Crippen molar-refractivity contribution in [2.45, 2.75) is 44.4 Å². The number of anilines is 1. The van der Waals surface area contributed by atoms with Crippen LogP contribution in [0.2, 0.25) is 0 Å². The Morgan fingerprint density at radius 2 is 1.65 bits per heavy atom. The average Bonchev–Trinajstić information content (AvgIpc) is 2.76. The Balaban J connectivity index is 1.87. The average molecular weight is 464 g/mol. The van der Waals surface area contributed by atoms with Crippen molar-refractivity contribution in [3.8, 4) is 5.75 Å². The Bertz CT molecular complexity index is 959. The molecular weight excluding hydrogens is 434 g/mol. The third-order valence-corrected chi connectivity index (χ3v) is 6.01. The fourth-order valence-electron chi connectivity index (χ4n) is 2.62. The van der Waals surface area contributed by atoms with Crippen molar-refractivity contribution >= 4 is 38.9 Å². The quantitative estimate of drug-likeness (QED) is 0.343. The zero-order valence-corrected chi connectivity index (χ0v) is 19.4. The molecular formula is C22H29N3O4S2. The second-order valence-corrected chi connectivity index (χ2v) is 9.09. The lowest BCUT2D eigenvalue weighted by atomic mass is 10.2. The van der Waals surface area contributed by atoms with Crippen LogP contribution in [0.3, 0.4) is 0 Å². The fourth-order valence-corrected chi connectivity index (χ4v) is 3.96. The van der Waals surface area contributed by atoms with Gasteiger partial charge in [-0.25, -0.2) is 13.1 Å². The van der Waals surface area contributed by atoms with E-state index in [1.165, 1.54) is 12.1 Å². The minimum absolute atomic E-state index is 0.115. The Morgan fingerprint density at radius 3 is 2.26 bits per heavy atom. The highest BCUT2D eigenvalue weighted by atomic mass is 32.2. The van der Waals surface area contributed by atoms with Crippen molar-refractivity contribution in [1.29, 1.82) is 0 Å². The minimum Gasteiger partial charge on any atom is -0.494 e. The van der Waals surface area contributed by atoms with E-state index in [2.05, 4.69) is 22.3 Å². The zero-order chi connectivity index (χ0) is 22.7. The molecule has 0 saturated heterocycles. The maximum atomic E-state index is 12.4. The van der Waals surface area contributed by atoms with E-state index in [0.29, 0.717) is 30.8 Å². The largest absolute Gasteiger partial charge is 0.494 e. The number of carbonyl (C=O) groups is 1. The number of amides is 1. The predicted octanol–water partition coefficient (Wildman–Crippen LogP) is 4.07. The van der Waals surface area contributed by atoms with Gasteiger partial charge in [0.25, 0.3) is 5.91 Å². The van der Waals surface area contributed by atoms with Gasteiger partial charge in [-0.2, -0.15) is 0 Å². The van der Waals surface area contributed by atoms with E-state index in [9.17, 15) is 13.2 Å². The van der Waals surface area contributed by atoms with Crippen LogP contribution in [0.25, 0.3) is 0 Å². The molecule has 0 spiro atoms. The van der Waals surface area contributed by atoms with Crippen molar-refractivity contribution in [3.63, 3.8) is 0 Å². The standard InChI is InChI=1S/C22H29N3O4S2/c1-3-5-6-16-29-19-11-7-17(8-12-19)21(26)25-22(30)24-18-9-13-20(14-10-18)31(27,28)23-15-4-2/h7-14,23H,3-6,15-16H2,1-2H3,(H2,24,25,26,30). The summed E-state index contributed by atoms with van der Waals surface area (Å²) in [4.78, 5) is 12.5. The van der Waals surface area contributed by atoms with E-state index in [0.717, 1.165) is 25.0 Å². The van der Waals surface area contributed by atoms with Crippen molar-refractivity contribution in [3.05, 3.63) is 54.1 Å². The SMILES string of the molecule is CCCCCOc1ccc(C(=O)NC(=S)Nc2ccc(S(=O)(=O)NCCC)cc2)cc1.